The third-order valence-electron chi connectivity index (χ3n) is 4.68. The van der Waals surface area contributed by atoms with Crippen molar-refractivity contribution in [2.24, 2.45) is 11.7 Å². The van der Waals surface area contributed by atoms with Crippen LogP contribution in [0.25, 0.3) is 0 Å². The first-order valence-corrected chi connectivity index (χ1v) is 9.37. The number of primary amides is 1. The number of nitro groups is 1. The Morgan fingerprint density at radius 3 is 2.93 bits per heavy atom. The highest BCUT2D eigenvalue weighted by Gasteiger charge is 2.25. The Balaban J connectivity index is 1.83. The smallest absolute Gasteiger partial charge is 0.271 e. The minimum atomic E-state index is -0.436. The van der Waals surface area contributed by atoms with Crippen LogP contribution in [-0.4, -0.2) is 33.9 Å². The summed E-state index contributed by atoms with van der Waals surface area (Å²) in [5, 5.41) is 14.1. The lowest BCUT2D eigenvalue weighted by atomic mass is 10.1. The van der Waals surface area contributed by atoms with Gasteiger partial charge >= 0.3 is 0 Å². The number of hydrogen-bond acceptors (Lipinski definition) is 7. The topological polar surface area (TPSA) is 127 Å². The minimum Gasteiger partial charge on any atom is -0.370 e. The van der Waals surface area contributed by atoms with Crippen molar-refractivity contribution in [1.29, 1.82) is 0 Å². The fourth-order valence-electron chi connectivity index (χ4n) is 3.40. The highest BCUT2D eigenvalue weighted by Crippen LogP contribution is 2.27. The standard InChI is InChI=1S/C19H24N6O3/c1-2-4-14-11-18(24-8-7-13(12-24)9-17(20)26)23-19(21-14)22-15-5-3-6-16(10-15)25(27)28/h3,5-6,10-11,13H,2,4,7-9,12H2,1H3,(H2,20,26)(H,21,22,23). The molecule has 1 unspecified atom stereocenters. The number of nitrogens with zero attached hydrogens (tertiary/aromatic N) is 4. The van der Waals surface area contributed by atoms with Gasteiger partial charge in [0.05, 0.1) is 4.92 Å². The van der Waals surface area contributed by atoms with Gasteiger partial charge in [0.15, 0.2) is 0 Å². The van der Waals surface area contributed by atoms with E-state index in [4.69, 9.17) is 5.73 Å². The van der Waals surface area contributed by atoms with Gasteiger partial charge in [0, 0.05) is 49.1 Å². The molecule has 1 atom stereocenters. The van der Waals surface area contributed by atoms with Crippen molar-refractivity contribution in [2.45, 2.75) is 32.6 Å². The van der Waals surface area contributed by atoms with E-state index >= 15 is 0 Å². The number of hydrogen-bond donors (Lipinski definition) is 2. The van der Waals surface area contributed by atoms with Crippen molar-refractivity contribution >= 4 is 29.0 Å². The Morgan fingerprint density at radius 1 is 1.39 bits per heavy atom. The largest absolute Gasteiger partial charge is 0.370 e. The summed E-state index contributed by atoms with van der Waals surface area (Å²) in [6.45, 7) is 3.60. The fraction of sp³-hybridized carbons (Fsp3) is 0.421. The number of aromatic nitrogens is 2. The van der Waals surface area contributed by atoms with Crippen LogP contribution in [0.4, 0.5) is 23.1 Å². The van der Waals surface area contributed by atoms with Crippen molar-refractivity contribution in [3.63, 3.8) is 0 Å². The predicted octanol–water partition coefficient (Wildman–Crippen LogP) is 2.78. The number of nitrogens with one attached hydrogen (secondary N) is 1. The first-order valence-electron chi connectivity index (χ1n) is 9.37. The molecule has 3 rings (SSSR count). The Kier molecular flexibility index (Phi) is 6.03. The van der Waals surface area contributed by atoms with Crippen LogP contribution in [0.2, 0.25) is 0 Å². The molecule has 1 aliphatic heterocycles. The maximum atomic E-state index is 11.2. The Bertz CT molecular complexity index is 872. The average Bonchev–Trinajstić information content (AvgIpc) is 3.10. The summed E-state index contributed by atoms with van der Waals surface area (Å²) in [5.74, 6) is 1.14. The zero-order chi connectivity index (χ0) is 20.1. The molecule has 1 aliphatic rings. The monoisotopic (exact) mass is 384 g/mol. The SMILES string of the molecule is CCCc1cc(N2CCC(CC(N)=O)C2)nc(Nc2cccc([N+](=O)[O-])c2)n1. The van der Waals surface area contributed by atoms with Gasteiger partial charge in [-0.3, -0.25) is 14.9 Å². The van der Waals surface area contributed by atoms with Gasteiger partial charge in [-0.25, -0.2) is 4.98 Å². The molecule has 148 valence electrons. The first-order chi connectivity index (χ1) is 13.4. The molecule has 1 amide bonds. The van der Waals surface area contributed by atoms with E-state index in [1.54, 1.807) is 12.1 Å². The molecule has 28 heavy (non-hydrogen) atoms. The second-order valence-electron chi connectivity index (χ2n) is 6.99. The van der Waals surface area contributed by atoms with E-state index in [9.17, 15) is 14.9 Å². The summed E-state index contributed by atoms with van der Waals surface area (Å²) >= 11 is 0. The summed E-state index contributed by atoms with van der Waals surface area (Å²) in [6, 6.07) is 8.21. The summed E-state index contributed by atoms with van der Waals surface area (Å²) in [7, 11) is 0. The second kappa shape index (κ2) is 8.64. The quantitative estimate of drug-likeness (QED) is 0.529. The molecule has 9 nitrogen and oxygen atoms in total. The number of benzene rings is 1. The average molecular weight is 384 g/mol. The number of aryl methyl sites for hydroxylation is 1. The lowest BCUT2D eigenvalue weighted by molar-refractivity contribution is -0.384. The van der Waals surface area contributed by atoms with E-state index in [1.807, 2.05) is 6.07 Å². The van der Waals surface area contributed by atoms with Gasteiger partial charge in [0.1, 0.15) is 5.82 Å². The molecule has 1 aromatic carbocycles. The maximum absolute atomic E-state index is 11.2. The lowest BCUT2D eigenvalue weighted by Gasteiger charge is -2.19. The van der Waals surface area contributed by atoms with Crippen LogP contribution < -0.4 is 16.0 Å². The number of nitrogens with two attached hydrogens (primary N) is 1. The number of amides is 1. The molecule has 1 aromatic heterocycles. The van der Waals surface area contributed by atoms with Gasteiger partial charge < -0.3 is 16.0 Å². The molecular weight excluding hydrogens is 360 g/mol. The number of rotatable bonds is 8. The van der Waals surface area contributed by atoms with Gasteiger partial charge in [-0.1, -0.05) is 19.4 Å². The van der Waals surface area contributed by atoms with Crippen LogP contribution in [0.5, 0.6) is 0 Å². The highest BCUT2D eigenvalue weighted by molar-refractivity contribution is 5.74. The molecule has 0 saturated carbocycles. The van der Waals surface area contributed by atoms with Gasteiger partial charge in [-0.2, -0.15) is 4.98 Å². The Hall–Kier alpha value is -3.23. The zero-order valence-electron chi connectivity index (χ0n) is 15.8. The number of nitro benzene ring substituents is 1. The first kappa shape index (κ1) is 19.5. The molecule has 0 bridgehead atoms. The van der Waals surface area contributed by atoms with Gasteiger partial charge in [0.2, 0.25) is 11.9 Å². The zero-order valence-corrected chi connectivity index (χ0v) is 15.8. The van der Waals surface area contributed by atoms with E-state index in [0.717, 1.165) is 43.9 Å². The van der Waals surface area contributed by atoms with E-state index in [1.165, 1.54) is 12.1 Å². The number of anilines is 3. The molecule has 0 aliphatic carbocycles. The summed E-state index contributed by atoms with van der Waals surface area (Å²) in [6.07, 6.45) is 3.01. The third kappa shape index (κ3) is 4.93. The Labute approximate surface area is 163 Å². The Morgan fingerprint density at radius 2 is 2.21 bits per heavy atom. The van der Waals surface area contributed by atoms with Crippen molar-refractivity contribution in [3.8, 4) is 0 Å². The van der Waals surface area contributed by atoms with Crippen LogP contribution in [0, 0.1) is 16.0 Å². The summed E-state index contributed by atoms with van der Waals surface area (Å²) < 4.78 is 0. The van der Waals surface area contributed by atoms with E-state index in [-0.39, 0.29) is 17.5 Å². The molecule has 1 saturated heterocycles. The van der Waals surface area contributed by atoms with Crippen molar-refractivity contribution in [3.05, 3.63) is 46.1 Å². The number of carbonyl (C=O) groups is 1. The highest BCUT2D eigenvalue weighted by atomic mass is 16.6. The normalized spacial score (nSPS) is 16.2. The van der Waals surface area contributed by atoms with Crippen molar-refractivity contribution < 1.29 is 9.72 Å². The van der Waals surface area contributed by atoms with Gasteiger partial charge in [0.25, 0.3) is 5.69 Å². The van der Waals surface area contributed by atoms with Gasteiger partial charge in [-0.15, -0.1) is 0 Å². The predicted molar refractivity (Wildman–Crippen MR) is 107 cm³/mol. The van der Waals surface area contributed by atoms with Crippen LogP contribution >= 0.6 is 0 Å². The second-order valence-corrected chi connectivity index (χ2v) is 6.99. The lowest BCUT2D eigenvalue weighted by Crippen LogP contribution is -2.23. The van der Waals surface area contributed by atoms with Crippen LogP contribution in [0.1, 0.15) is 31.9 Å². The molecule has 9 heteroatoms. The maximum Gasteiger partial charge on any atom is 0.271 e. The van der Waals surface area contributed by atoms with Crippen LogP contribution in [-0.2, 0) is 11.2 Å². The van der Waals surface area contributed by atoms with Crippen LogP contribution in [0.3, 0.4) is 0 Å². The molecule has 0 radical (unpaired) electrons. The van der Waals surface area contributed by atoms with Crippen LogP contribution in [0.15, 0.2) is 30.3 Å². The molecule has 1 fully saturated rings. The number of carbonyl (C=O) groups excluding carboxylic acids is 1. The van der Waals surface area contributed by atoms with E-state index in [2.05, 4.69) is 27.1 Å². The molecule has 2 heterocycles. The summed E-state index contributed by atoms with van der Waals surface area (Å²) in [5.41, 5.74) is 6.78. The van der Waals surface area contributed by atoms with E-state index < -0.39 is 4.92 Å². The summed E-state index contributed by atoms with van der Waals surface area (Å²) in [4.78, 5) is 33.0. The van der Waals surface area contributed by atoms with Crippen molar-refractivity contribution in [1.82, 2.24) is 9.97 Å². The third-order valence-corrected chi connectivity index (χ3v) is 4.68. The van der Waals surface area contributed by atoms with E-state index in [0.29, 0.717) is 18.1 Å². The fourth-order valence-corrected chi connectivity index (χ4v) is 3.40. The molecule has 2 aromatic rings. The molecule has 3 N–H and O–H groups in total. The van der Waals surface area contributed by atoms with Crippen molar-refractivity contribution in [2.75, 3.05) is 23.3 Å². The van der Waals surface area contributed by atoms with Gasteiger partial charge in [-0.05, 0) is 24.8 Å². The number of non-ortho nitro benzene ring substituents is 1. The molecular formula is C19H24N6O3. The minimum absolute atomic E-state index is 0.00349. The molecule has 0 spiro atoms.